The van der Waals surface area contributed by atoms with Crippen molar-refractivity contribution in [2.45, 2.75) is 116 Å². The van der Waals surface area contributed by atoms with Crippen molar-refractivity contribution in [3.8, 4) is 11.5 Å². The van der Waals surface area contributed by atoms with E-state index in [-0.39, 0.29) is 63.6 Å². The topological polar surface area (TPSA) is 274 Å². The monoisotopic (exact) mass is 842 g/mol. The van der Waals surface area contributed by atoms with E-state index in [4.69, 9.17) is 30.4 Å². The van der Waals surface area contributed by atoms with Crippen LogP contribution in [0.4, 0.5) is 0 Å². The van der Waals surface area contributed by atoms with Gasteiger partial charge in [-0.1, -0.05) is 52.7 Å². The highest BCUT2D eigenvalue weighted by atomic mass is 16.5. The zero-order valence-corrected chi connectivity index (χ0v) is 35.5. The van der Waals surface area contributed by atoms with Crippen LogP contribution in [0.15, 0.2) is 36.4 Å². The summed E-state index contributed by atoms with van der Waals surface area (Å²) in [5.41, 5.74) is 10.6. The predicted molar refractivity (Wildman–Crippen MR) is 221 cm³/mol. The Labute approximate surface area is 350 Å². The molecular weight excluding hydrogens is 780 g/mol. The highest BCUT2D eigenvalue weighted by Gasteiger charge is 2.32. The molecule has 2 rings (SSSR count). The summed E-state index contributed by atoms with van der Waals surface area (Å²) >= 11 is 0. The number of methoxy groups -OCH3 is 2. The van der Waals surface area contributed by atoms with Crippen molar-refractivity contribution in [1.29, 1.82) is 0 Å². The number of carbonyl (C=O) groups excluding carboxylic acids is 8. The number of hydrogen-bond donors (Lipinski definition) is 6. The van der Waals surface area contributed by atoms with Gasteiger partial charge in [-0.2, -0.15) is 0 Å². The van der Waals surface area contributed by atoms with Crippen LogP contribution < -0.4 is 42.2 Å². The molecule has 0 saturated heterocycles. The third-order valence-electron chi connectivity index (χ3n) is 10.0. The predicted octanol–water partition coefficient (Wildman–Crippen LogP) is 2.07. The number of rotatable bonds is 28. The first kappa shape index (κ1) is 50.2. The zero-order valence-electron chi connectivity index (χ0n) is 35.5. The van der Waals surface area contributed by atoms with Crippen LogP contribution in [-0.2, 0) is 47.8 Å². The van der Waals surface area contributed by atoms with Gasteiger partial charge in [0.2, 0.25) is 35.4 Å². The Hall–Kier alpha value is -5.94. The van der Waals surface area contributed by atoms with Gasteiger partial charge in [0.05, 0.1) is 27.4 Å². The summed E-state index contributed by atoms with van der Waals surface area (Å²) in [6.07, 6.45) is 1.44. The summed E-state index contributed by atoms with van der Waals surface area (Å²) < 4.78 is 21.4. The fourth-order valence-electron chi connectivity index (χ4n) is 5.97. The van der Waals surface area contributed by atoms with Gasteiger partial charge < -0.3 is 51.7 Å². The van der Waals surface area contributed by atoms with Gasteiger partial charge in [0.15, 0.2) is 0 Å². The van der Waals surface area contributed by atoms with Crippen LogP contribution in [0.1, 0.15) is 91.9 Å². The summed E-state index contributed by atoms with van der Waals surface area (Å²) in [5, 5.41) is 12.3. The molecule has 6 amide bonds. The molecule has 0 bridgehead atoms. The molecule has 0 heterocycles. The minimum absolute atomic E-state index is 0.0189. The molecule has 0 aliphatic carbocycles. The molecular formula is C42H62N6O12. The Bertz CT molecular complexity index is 1670. The first-order valence-electron chi connectivity index (χ1n) is 20.2. The van der Waals surface area contributed by atoms with Crippen molar-refractivity contribution < 1.29 is 57.3 Å². The van der Waals surface area contributed by atoms with E-state index in [2.05, 4.69) is 21.3 Å². The maximum absolute atomic E-state index is 13.1. The summed E-state index contributed by atoms with van der Waals surface area (Å²) in [4.78, 5) is 99.3. The van der Waals surface area contributed by atoms with Crippen molar-refractivity contribution in [2.75, 3.05) is 27.4 Å². The van der Waals surface area contributed by atoms with Gasteiger partial charge in [-0.3, -0.25) is 28.8 Å². The van der Waals surface area contributed by atoms with Crippen LogP contribution in [-0.4, -0.2) is 99.0 Å². The molecule has 18 nitrogen and oxygen atoms in total. The molecule has 332 valence electrons. The zero-order chi connectivity index (χ0) is 44.8. The average molecular weight is 843 g/mol. The van der Waals surface area contributed by atoms with E-state index in [9.17, 15) is 38.4 Å². The van der Waals surface area contributed by atoms with Crippen LogP contribution in [0.5, 0.6) is 11.5 Å². The quantitative estimate of drug-likeness (QED) is 0.0531. The number of ether oxygens (including phenoxy) is 4. The van der Waals surface area contributed by atoms with Gasteiger partial charge in [0.25, 0.3) is 0 Å². The van der Waals surface area contributed by atoms with E-state index in [0.717, 1.165) is 10.8 Å². The molecule has 18 heteroatoms. The Kier molecular flexibility index (Phi) is 21.9. The lowest BCUT2D eigenvalue weighted by Crippen LogP contribution is -2.53. The number of nitrogens with two attached hydrogens (primary N) is 2. The van der Waals surface area contributed by atoms with Crippen molar-refractivity contribution >= 4 is 58.2 Å². The number of esters is 2. The van der Waals surface area contributed by atoms with Crippen LogP contribution >= 0.6 is 0 Å². The second kappa shape index (κ2) is 26.2. The van der Waals surface area contributed by atoms with E-state index in [0.29, 0.717) is 37.2 Å². The molecule has 8 N–H and O–H groups in total. The number of hydrogen-bond acceptors (Lipinski definition) is 12. The van der Waals surface area contributed by atoms with Gasteiger partial charge in [-0.25, -0.2) is 9.59 Å². The second-order valence-electron chi connectivity index (χ2n) is 14.6. The maximum atomic E-state index is 13.1. The lowest BCUT2D eigenvalue weighted by Gasteiger charge is -2.25. The molecule has 0 saturated carbocycles. The van der Waals surface area contributed by atoms with Gasteiger partial charge in [-0.15, -0.1) is 0 Å². The number of amides is 6. The second-order valence-corrected chi connectivity index (χ2v) is 14.6. The van der Waals surface area contributed by atoms with E-state index >= 15 is 0 Å². The Morgan fingerprint density at radius 1 is 0.567 bits per heavy atom. The number of nitrogens with one attached hydrogen (secondary N) is 4. The van der Waals surface area contributed by atoms with Gasteiger partial charge in [0.1, 0.15) is 35.7 Å². The number of benzene rings is 2. The van der Waals surface area contributed by atoms with Crippen molar-refractivity contribution in [2.24, 2.45) is 23.3 Å². The minimum Gasteiger partial charge on any atom is -0.494 e. The number of primary amides is 2. The molecule has 6 atom stereocenters. The Morgan fingerprint density at radius 3 is 1.28 bits per heavy atom. The molecule has 0 aliphatic heterocycles. The number of carbonyl (C=O) groups is 8. The Morgan fingerprint density at radius 2 is 0.950 bits per heavy atom. The summed E-state index contributed by atoms with van der Waals surface area (Å²) in [6.45, 7) is 7.66. The van der Waals surface area contributed by atoms with Crippen LogP contribution in [0.25, 0.3) is 10.8 Å². The molecule has 2 aromatic carbocycles. The van der Waals surface area contributed by atoms with E-state index in [1.165, 1.54) is 14.2 Å². The largest absolute Gasteiger partial charge is 0.494 e. The van der Waals surface area contributed by atoms with Crippen molar-refractivity contribution in [3.63, 3.8) is 0 Å². The molecule has 0 fully saturated rings. The molecule has 0 aliphatic rings. The maximum Gasteiger partial charge on any atom is 0.328 e. The van der Waals surface area contributed by atoms with Crippen LogP contribution in [0, 0.1) is 11.8 Å². The molecule has 0 aromatic heterocycles. The van der Waals surface area contributed by atoms with Crippen LogP contribution in [0.2, 0.25) is 0 Å². The van der Waals surface area contributed by atoms with E-state index in [1.807, 2.05) is 38.1 Å². The molecule has 60 heavy (non-hydrogen) atoms. The Balaban J connectivity index is 1.92. The number of fused-ring (bicyclic) bond motifs is 1. The SMILES string of the molecule is CC[C@@H](C)[C@H](NC(=O)[C@H](CCC(N)=O)NC(=O)CCCOc1ccc2ccc(OCCCC(=O)N[C@@H](CCC(N)=O)C(=O)N[C@H](C(=O)OC)[C@H](C)CC)cc2c1)C(=O)OC. The van der Waals surface area contributed by atoms with Crippen LogP contribution in [0.3, 0.4) is 0 Å². The summed E-state index contributed by atoms with van der Waals surface area (Å²) in [7, 11) is 2.44. The standard InChI is InChI=1S/C42H62N6O12/c1-7-25(3)37(41(55)57-5)47-39(53)31(17-19-33(43)49)45-35(51)11-9-21-59-29-15-13-27-14-16-30(24-28(27)23-29)60-22-10-12-36(52)46-32(18-20-34(44)50)40(54)48-38(26(4)8-2)42(56)58-6/h13-16,23-26,31-32,37-38H,7-12,17-22H2,1-6H3,(H2,43,49)(H2,44,50)(H,45,51)(H,46,52)(H,47,53)(H,48,54)/t25-,26-,31+,32+,37+,38+/m1/s1. The van der Waals surface area contributed by atoms with Crippen molar-refractivity contribution in [3.05, 3.63) is 36.4 Å². The van der Waals surface area contributed by atoms with E-state index in [1.54, 1.807) is 26.0 Å². The minimum atomic E-state index is -1.09. The van der Waals surface area contributed by atoms with Gasteiger partial charge in [-0.05, 0) is 72.6 Å². The lowest BCUT2D eigenvalue weighted by atomic mass is 9.98. The fourth-order valence-corrected chi connectivity index (χ4v) is 5.97. The molecule has 0 unspecified atom stereocenters. The fraction of sp³-hybridized carbons (Fsp3) is 0.571. The average Bonchev–Trinajstić information content (AvgIpc) is 3.23. The van der Waals surface area contributed by atoms with Crippen molar-refractivity contribution in [1.82, 2.24) is 21.3 Å². The molecule has 2 aromatic rings. The highest BCUT2D eigenvalue weighted by molar-refractivity contribution is 5.92. The first-order chi connectivity index (χ1) is 28.5. The molecule has 0 spiro atoms. The summed E-state index contributed by atoms with van der Waals surface area (Å²) in [5.74, 6) is -4.03. The summed E-state index contributed by atoms with van der Waals surface area (Å²) in [6, 6.07) is 6.92. The molecule has 0 radical (unpaired) electrons. The third kappa shape index (κ3) is 17.5. The van der Waals surface area contributed by atoms with E-state index < -0.39 is 71.5 Å². The smallest absolute Gasteiger partial charge is 0.328 e. The first-order valence-corrected chi connectivity index (χ1v) is 20.2. The highest BCUT2D eigenvalue weighted by Crippen LogP contribution is 2.25. The normalized spacial score (nSPS) is 13.9. The van der Waals surface area contributed by atoms with Gasteiger partial charge in [0, 0.05) is 25.7 Å². The van der Waals surface area contributed by atoms with Gasteiger partial charge >= 0.3 is 11.9 Å². The lowest BCUT2D eigenvalue weighted by molar-refractivity contribution is -0.147. The third-order valence-corrected chi connectivity index (χ3v) is 10.0.